The molecule has 0 saturated carbocycles. The maximum absolute atomic E-state index is 11.2. The molecule has 213 valence electrons. The van der Waals surface area contributed by atoms with Crippen LogP contribution in [-0.4, -0.2) is 28.6 Å². The van der Waals surface area contributed by atoms with Crippen LogP contribution in [0, 0.1) is 3.63 Å². The molecule has 0 saturated heterocycles. The zero-order chi connectivity index (χ0) is 28.6. The third-order valence-corrected chi connectivity index (χ3v) is 6.94. The first-order valence-electron chi connectivity index (χ1n) is 12.2. The summed E-state index contributed by atoms with van der Waals surface area (Å²) in [4.78, 5) is 0. The monoisotopic (exact) mass is 820 g/mol. The second kappa shape index (κ2) is 10.7. The molecule has 1 aromatic heterocycles. The molecule has 0 unspecified atom stereocenters. The zero-order valence-electron chi connectivity index (χ0n) is 22.3. The third kappa shape index (κ3) is 9.19. The van der Waals surface area contributed by atoms with Crippen LogP contribution in [0.4, 0.5) is 16.9 Å². The van der Waals surface area contributed by atoms with Crippen molar-refractivity contribution in [2.24, 2.45) is 0 Å². The van der Waals surface area contributed by atoms with Crippen molar-refractivity contribution in [3.63, 3.8) is 0 Å². The van der Waals surface area contributed by atoms with E-state index in [1.54, 1.807) is 0 Å². The number of nitrogens with zero attached hydrogens (tertiary/aromatic N) is 2. The number of hydrogen-bond acceptors (Lipinski definition) is 0. The Morgan fingerprint density at radius 3 is 0.946 bits per heavy atom. The van der Waals surface area contributed by atoms with E-state index >= 15 is 0 Å². The summed E-state index contributed by atoms with van der Waals surface area (Å²) >= 11 is -8.48. The van der Waals surface area contributed by atoms with Crippen LogP contribution in [0.15, 0.2) is 48.8 Å². The van der Waals surface area contributed by atoms with Crippen molar-refractivity contribution in [3.05, 3.63) is 74.7 Å². The topological polar surface area (TPSA) is 9.86 Å². The summed E-state index contributed by atoms with van der Waals surface area (Å²) in [5.74, 6) is 1.88. The van der Waals surface area contributed by atoms with E-state index in [-0.39, 0.29) is 0 Å². The SMILES string of the molecule is CC(C)c1cccc(C(C)C)c1-n1ccn(-c2c(C(C)C)cccc2C(C)C)[c]1=[Au].[F][Sb-]([F])([F])([F])([F])[F]. The summed E-state index contributed by atoms with van der Waals surface area (Å²) in [7, 11) is 0. The van der Waals surface area contributed by atoms with Gasteiger partial charge >= 0.3 is 231 Å². The van der Waals surface area contributed by atoms with E-state index in [0.717, 1.165) is 0 Å². The molecule has 1 heterocycles. The first-order chi connectivity index (χ1) is 16.6. The molecule has 0 bridgehead atoms. The molecule has 10 heteroatoms. The van der Waals surface area contributed by atoms with Crippen LogP contribution in [0.1, 0.15) is 101 Å². The van der Waals surface area contributed by atoms with E-state index in [1.165, 1.54) is 37.3 Å². The number of aromatic nitrogens is 2. The van der Waals surface area contributed by atoms with Gasteiger partial charge in [0.15, 0.2) is 0 Å². The molecule has 0 fully saturated rings. The van der Waals surface area contributed by atoms with E-state index in [0.29, 0.717) is 23.7 Å². The number of hydrogen-bond donors (Lipinski definition) is 0. The molecular formula is C27H36AuF6N2Sb-. The van der Waals surface area contributed by atoms with E-state index in [9.17, 15) is 16.9 Å². The molecule has 37 heavy (non-hydrogen) atoms. The molecule has 0 amide bonds. The number of para-hydroxylation sites is 2. The average Bonchev–Trinajstić information content (AvgIpc) is 3.10. The zero-order valence-corrected chi connectivity index (χ0v) is 27.1. The number of imidazole rings is 1. The van der Waals surface area contributed by atoms with Gasteiger partial charge in [-0.05, 0) is 0 Å². The second-order valence-corrected chi connectivity index (χ2v) is 16.9. The van der Waals surface area contributed by atoms with Gasteiger partial charge in [-0.2, -0.15) is 0 Å². The van der Waals surface area contributed by atoms with Crippen LogP contribution in [0.25, 0.3) is 11.4 Å². The minimum absolute atomic E-state index is 0.469. The van der Waals surface area contributed by atoms with Crippen molar-refractivity contribution in [2.75, 3.05) is 0 Å². The van der Waals surface area contributed by atoms with Gasteiger partial charge in [-0.25, -0.2) is 0 Å². The van der Waals surface area contributed by atoms with E-state index < -0.39 is 19.5 Å². The van der Waals surface area contributed by atoms with Gasteiger partial charge in [0.05, 0.1) is 0 Å². The normalized spacial score (nSPS) is 14.2. The van der Waals surface area contributed by atoms with E-state index in [4.69, 9.17) is 0 Å². The Morgan fingerprint density at radius 1 is 0.541 bits per heavy atom. The molecular weight excluding hydrogens is 785 g/mol. The molecule has 0 N–H and O–H groups in total. The van der Waals surface area contributed by atoms with Crippen LogP contribution in [0.2, 0.25) is 0 Å². The first kappa shape index (κ1) is 32.0. The molecule has 0 radical (unpaired) electrons. The van der Waals surface area contributed by atoms with Gasteiger partial charge in [0, 0.05) is 0 Å². The molecule has 2 nitrogen and oxygen atoms in total. The minimum atomic E-state index is -11.2. The van der Waals surface area contributed by atoms with Gasteiger partial charge in [0.2, 0.25) is 0 Å². The van der Waals surface area contributed by atoms with Crippen molar-refractivity contribution in [3.8, 4) is 11.4 Å². The summed E-state index contributed by atoms with van der Waals surface area (Å²) in [6.45, 7) is 18.3. The van der Waals surface area contributed by atoms with Crippen LogP contribution in [0.3, 0.4) is 0 Å². The maximum atomic E-state index is 9.93. The van der Waals surface area contributed by atoms with Gasteiger partial charge in [0.25, 0.3) is 0 Å². The van der Waals surface area contributed by atoms with Gasteiger partial charge in [0.1, 0.15) is 0 Å². The van der Waals surface area contributed by atoms with Crippen LogP contribution in [0.5, 0.6) is 0 Å². The Hall–Kier alpha value is -1.21. The molecule has 0 aliphatic carbocycles. The molecule has 3 rings (SSSR count). The molecule has 0 spiro atoms. The molecule has 0 aliphatic rings. The fraction of sp³-hybridized carbons (Fsp3) is 0.444. The quantitative estimate of drug-likeness (QED) is 0.173. The van der Waals surface area contributed by atoms with Gasteiger partial charge in [-0.15, -0.1) is 0 Å². The van der Waals surface area contributed by atoms with Crippen molar-refractivity contribution in [1.82, 2.24) is 9.13 Å². The van der Waals surface area contributed by atoms with Crippen molar-refractivity contribution >= 4 is 19.5 Å². The first-order valence-corrected chi connectivity index (χ1v) is 19.0. The summed E-state index contributed by atoms with van der Waals surface area (Å²) in [5, 5.41) is 0. The van der Waals surface area contributed by atoms with Crippen LogP contribution >= 0.6 is 0 Å². The second-order valence-electron chi connectivity index (χ2n) is 10.4. The Morgan fingerprint density at radius 2 is 0.757 bits per heavy atom. The van der Waals surface area contributed by atoms with Gasteiger partial charge < -0.3 is 0 Å². The van der Waals surface area contributed by atoms with Crippen molar-refractivity contribution < 1.29 is 37.5 Å². The Balaban J connectivity index is 0.000000604. The van der Waals surface area contributed by atoms with Crippen LogP contribution < -0.4 is 0 Å². The van der Waals surface area contributed by atoms with E-state index in [2.05, 4.69) is 134 Å². The summed E-state index contributed by atoms with van der Waals surface area (Å²) in [6.07, 6.45) is 4.48. The van der Waals surface area contributed by atoms with Crippen molar-refractivity contribution in [2.45, 2.75) is 79.1 Å². The molecule has 2 aromatic carbocycles. The van der Waals surface area contributed by atoms with Crippen molar-refractivity contribution in [1.29, 1.82) is 0 Å². The molecule has 0 atom stereocenters. The predicted octanol–water partition coefficient (Wildman–Crippen LogP) is 9.98. The molecule has 3 aromatic rings. The Bertz CT molecular complexity index is 1160. The van der Waals surface area contributed by atoms with E-state index in [1.807, 2.05) is 0 Å². The number of rotatable bonds is 6. The summed E-state index contributed by atoms with van der Waals surface area (Å²) in [5.41, 5.74) is 8.29. The fourth-order valence-corrected chi connectivity index (χ4v) is 5.06. The number of benzene rings is 2. The predicted molar refractivity (Wildman–Crippen MR) is 137 cm³/mol. The molecule has 0 aliphatic heterocycles. The summed E-state index contributed by atoms with van der Waals surface area (Å²) in [6, 6.07) is 13.6. The Kier molecular flexibility index (Phi) is 9.30. The number of halogens is 6. The Labute approximate surface area is 230 Å². The summed E-state index contributed by atoms with van der Waals surface area (Å²) < 4.78 is 65.5. The van der Waals surface area contributed by atoms with Gasteiger partial charge in [-0.3, -0.25) is 0 Å². The van der Waals surface area contributed by atoms with Gasteiger partial charge in [-0.1, -0.05) is 0 Å². The fourth-order valence-electron chi connectivity index (χ4n) is 4.26. The average molecular weight is 821 g/mol. The van der Waals surface area contributed by atoms with Crippen LogP contribution in [-0.2, 0) is 20.6 Å². The standard InChI is InChI=1S/C27H36N2.Au.6FH.Sb/c1-18(2)22-11-9-12-23(19(3)4)26(22)28-15-16-29(17-28)27-24(20(5)6)13-10-14-25(27)21(7)8;;;;;;;;/h9-16,18-21H,1-8H3;;6*1H;/q;;;;;;;;+5/p-6. The third-order valence-electron chi connectivity index (χ3n) is 5.89.